The van der Waals surface area contributed by atoms with Crippen LogP contribution < -0.4 is 4.90 Å². The van der Waals surface area contributed by atoms with Crippen LogP contribution in [0.3, 0.4) is 0 Å². The second-order valence-electron chi connectivity index (χ2n) is 11.5. The molecule has 2 heterocycles. The van der Waals surface area contributed by atoms with Gasteiger partial charge in [-0.05, 0) is 110 Å². The fraction of sp³-hybridized carbons (Fsp3) is 0.257. The fourth-order valence-corrected chi connectivity index (χ4v) is 6.53. The summed E-state index contributed by atoms with van der Waals surface area (Å²) in [6.07, 6.45) is 8.63. The van der Waals surface area contributed by atoms with E-state index < -0.39 is 0 Å². The van der Waals surface area contributed by atoms with Crippen molar-refractivity contribution in [2.75, 3.05) is 11.4 Å². The topological polar surface area (TPSA) is 46.6 Å². The summed E-state index contributed by atoms with van der Waals surface area (Å²) in [6.45, 7) is 12.0. The number of allylic oxidation sites excluding steroid dienone is 6. The molecule has 3 aromatic rings. The molecule has 1 atom stereocenters. The first kappa shape index (κ1) is 25.1. The molecule has 2 aliphatic heterocycles. The molecule has 0 radical (unpaired) electrons. The van der Waals surface area contributed by atoms with Gasteiger partial charge in [0.15, 0.2) is 11.6 Å². The summed E-state index contributed by atoms with van der Waals surface area (Å²) in [7, 11) is 0. The van der Waals surface area contributed by atoms with E-state index in [1.165, 1.54) is 11.3 Å². The van der Waals surface area contributed by atoms with Crippen LogP contribution in [-0.2, 0) is 4.74 Å². The Labute approximate surface area is 230 Å². The monoisotopic (exact) mass is 515 g/mol. The van der Waals surface area contributed by atoms with Crippen LogP contribution in [0.1, 0.15) is 78.8 Å². The lowest BCUT2D eigenvalue weighted by molar-refractivity contribution is 0.0987. The molecule has 39 heavy (non-hydrogen) atoms. The van der Waals surface area contributed by atoms with Crippen molar-refractivity contribution < 1.29 is 14.3 Å². The number of nitrogens with zero attached hydrogens (tertiary/aromatic N) is 1. The van der Waals surface area contributed by atoms with E-state index in [-0.39, 0.29) is 22.7 Å². The lowest BCUT2D eigenvalue weighted by Crippen LogP contribution is -2.48. The molecule has 0 saturated carbocycles. The van der Waals surface area contributed by atoms with Crippen LogP contribution in [-0.4, -0.2) is 23.7 Å². The van der Waals surface area contributed by atoms with E-state index in [9.17, 15) is 9.59 Å². The molecule has 0 saturated heterocycles. The summed E-state index contributed by atoms with van der Waals surface area (Å²) < 4.78 is 5.97. The molecule has 196 valence electrons. The van der Waals surface area contributed by atoms with Gasteiger partial charge in [0.05, 0.1) is 5.57 Å². The van der Waals surface area contributed by atoms with E-state index in [1.807, 2.05) is 55.5 Å². The smallest absolute Gasteiger partial charge is 0.198 e. The molecule has 3 aliphatic rings. The molecule has 6 rings (SSSR count). The first-order valence-electron chi connectivity index (χ1n) is 13.7. The van der Waals surface area contributed by atoms with E-state index in [4.69, 9.17) is 4.74 Å². The van der Waals surface area contributed by atoms with Crippen LogP contribution in [0.5, 0.6) is 0 Å². The number of carbonyl (C=O) groups is 2. The minimum absolute atomic E-state index is 0.133. The second-order valence-corrected chi connectivity index (χ2v) is 11.5. The van der Waals surface area contributed by atoms with Crippen LogP contribution >= 0.6 is 0 Å². The van der Waals surface area contributed by atoms with Crippen LogP contribution in [0.2, 0.25) is 0 Å². The van der Waals surface area contributed by atoms with Gasteiger partial charge in [0, 0.05) is 28.9 Å². The van der Waals surface area contributed by atoms with Crippen molar-refractivity contribution in [2.45, 2.75) is 52.5 Å². The number of carbonyl (C=O) groups excluding carboxylic acids is 2. The van der Waals surface area contributed by atoms with Crippen molar-refractivity contribution in [3.8, 4) is 0 Å². The van der Waals surface area contributed by atoms with Gasteiger partial charge in [-0.25, -0.2) is 0 Å². The van der Waals surface area contributed by atoms with Crippen molar-refractivity contribution in [1.82, 2.24) is 0 Å². The summed E-state index contributed by atoms with van der Waals surface area (Å²) in [4.78, 5) is 29.3. The Hall–Kier alpha value is -4.18. The van der Waals surface area contributed by atoms with E-state index in [1.54, 1.807) is 12.2 Å². The Kier molecular flexibility index (Phi) is 5.95. The maximum atomic E-state index is 13.4. The minimum Gasteiger partial charge on any atom is -0.462 e. The zero-order valence-corrected chi connectivity index (χ0v) is 23.2. The molecular formula is C35H33NO3. The Balaban J connectivity index is 1.34. The van der Waals surface area contributed by atoms with E-state index in [0.29, 0.717) is 34.1 Å². The van der Waals surface area contributed by atoms with Crippen molar-refractivity contribution in [3.05, 3.63) is 118 Å². The Bertz CT molecular complexity index is 1620. The summed E-state index contributed by atoms with van der Waals surface area (Å²) in [5, 5.41) is 1.90. The van der Waals surface area contributed by atoms with Gasteiger partial charge in [0.2, 0.25) is 0 Å². The zero-order valence-electron chi connectivity index (χ0n) is 23.2. The van der Waals surface area contributed by atoms with Gasteiger partial charge in [0.25, 0.3) is 0 Å². The van der Waals surface area contributed by atoms with Crippen LogP contribution in [0.15, 0.2) is 95.5 Å². The highest BCUT2D eigenvalue weighted by Crippen LogP contribution is 2.43. The lowest BCUT2D eigenvalue weighted by atomic mass is 9.79. The largest absolute Gasteiger partial charge is 0.462 e. The molecule has 0 aromatic heterocycles. The summed E-state index contributed by atoms with van der Waals surface area (Å²) in [5.41, 5.74) is 5.63. The van der Waals surface area contributed by atoms with Crippen LogP contribution in [0.4, 0.5) is 5.69 Å². The van der Waals surface area contributed by atoms with Gasteiger partial charge in [-0.1, -0.05) is 43.3 Å². The van der Waals surface area contributed by atoms with Crippen molar-refractivity contribution in [1.29, 1.82) is 0 Å². The maximum absolute atomic E-state index is 13.4. The normalized spacial score (nSPS) is 20.2. The van der Waals surface area contributed by atoms with Gasteiger partial charge >= 0.3 is 0 Å². The number of fused-ring (bicyclic) bond motifs is 3. The molecule has 1 unspecified atom stereocenters. The standard InChI is InChI=1S/C35H33NO3/c1-6-36-31-14-12-23(16-28(31)21(2)20-35(36,4)5)11-13-27-17-26(15-22(3)39-27)32-33(37)29-18-24-9-7-8-10-25(24)19-30(29)34(32)38/h7-19,21H,6,20H2,1-5H3/b13-11+. The number of hydrogen-bond acceptors (Lipinski definition) is 4. The summed E-state index contributed by atoms with van der Waals surface area (Å²) in [5.74, 6) is 1.25. The van der Waals surface area contributed by atoms with E-state index >= 15 is 0 Å². The fourth-order valence-electron chi connectivity index (χ4n) is 6.53. The average molecular weight is 516 g/mol. The van der Waals surface area contributed by atoms with Gasteiger partial charge < -0.3 is 9.64 Å². The third-order valence-corrected chi connectivity index (χ3v) is 8.22. The maximum Gasteiger partial charge on any atom is 0.198 e. The van der Waals surface area contributed by atoms with Crippen molar-refractivity contribution in [3.63, 3.8) is 0 Å². The van der Waals surface area contributed by atoms with Gasteiger partial charge in [-0.15, -0.1) is 0 Å². The summed E-state index contributed by atoms with van der Waals surface area (Å²) >= 11 is 0. The van der Waals surface area contributed by atoms with Gasteiger partial charge in [-0.2, -0.15) is 0 Å². The SMILES string of the molecule is CCN1c2ccc(/C=C/C3=CC(=C4C(=O)c5cc6ccccc6cc5C4=O)C=C(C)O3)cc2C(C)CC1(C)C. The second kappa shape index (κ2) is 9.23. The minimum atomic E-state index is -0.228. The number of Topliss-reactive ketones (excluding diaryl/α,β-unsaturated/α-hetero) is 2. The van der Waals surface area contributed by atoms with E-state index in [0.717, 1.165) is 29.3 Å². The predicted octanol–water partition coefficient (Wildman–Crippen LogP) is 8.16. The number of anilines is 1. The van der Waals surface area contributed by atoms with Crippen LogP contribution in [0.25, 0.3) is 16.8 Å². The highest BCUT2D eigenvalue weighted by Gasteiger charge is 2.36. The number of rotatable bonds is 3. The van der Waals surface area contributed by atoms with Gasteiger partial charge in [0.1, 0.15) is 11.5 Å². The number of benzene rings is 3. The Morgan fingerprint density at radius 3 is 2.26 bits per heavy atom. The third-order valence-electron chi connectivity index (χ3n) is 8.22. The molecule has 4 nitrogen and oxygen atoms in total. The molecular weight excluding hydrogens is 482 g/mol. The molecule has 0 bridgehead atoms. The quantitative estimate of drug-likeness (QED) is 0.261. The average Bonchev–Trinajstić information content (AvgIpc) is 3.14. The van der Waals surface area contributed by atoms with Crippen LogP contribution in [0, 0.1) is 0 Å². The highest BCUT2D eigenvalue weighted by molar-refractivity contribution is 6.41. The molecule has 1 aliphatic carbocycles. The third kappa shape index (κ3) is 4.24. The predicted molar refractivity (Wildman–Crippen MR) is 158 cm³/mol. The molecule has 0 fully saturated rings. The highest BCUT2D eigenvalue weighted by atomic mass is 16.5. The molecule has 3 aromatic carbocycles. The first-order chi connectivity index (χ1) is 18.7. The number of hydrogen-bond donors (Lipinski definition) is 0. The molecule has 4 heteroatoms. The molecule has 0 spiro atoms. The Morgan fingerprint density at radius 1 is 0.949 bits per heavy atom. The zero-order chi connectivity index (χ0) is 27.5. The lowest BCUT2D eigenvalue weighted by Gasteiger charge is -2.47. The number of ketones is 2. The summed E-state index contributed by atoms with van der Waals surface area (Å²) in [6, 6.07) is 18.1. The first-order valence-corrected chi connectivity index (χ1v) is 13.7. The molecule has 0 N–H and O–H groups in total. The van der Waals surface area contributed by atoms with Crippen molar-refractivity contribution in [2.24, 2.45) is 0 Å². The molecule has 0 amide bonds. The van der Waals surface area contributed by atoms with E-state index in [2.05, 4.69) is 50.8 Å². The van der Waals surface area contributed by atoms with Gasteiger partial charge in [-0.3, -0.25) is 9.59 Å². The number of ether oxygens (including phenoxy) is 1. The van der Waals surface area contributed by atoms with Crippen molar-refractivity contribution >= 4 is 34.1 Å². The Morgan fingerprint density at radius 2 is 1.62 bits per heavy atom.